The molecule has 0 radical (unpaired) electrons. The van der Waals surface area contributed by atoms with E-state index < -0.39 is 0 Å². The summed E-state index contributed by atoms with van der Waals surface area (Å²) in [6, 6.07) is 41.9. The molecule has 0 saturated carbocycles. The van der Waals surface area contributed by atoms with Gasteiger partial charge in [-0.2, -0.15) is 10.3 Å². The van der Waals surface area contributed by atoms with Gasteiger partial charge in [0.15, 0.2) is 0 Å². The van der Waals surface area contributed by atoms with Crippen LogP contribution in [-0.2, 0) is 0 Å². The summed E-state index contributed by atoms with van der Waals surface area (Å²) >= 11 is 0. The van der Waals surface area contributed by atoms with Gasteiger partial charge in [0.2, 0.25) is 6.19 Å². The molecule has 0 N–H and O–H groups in total. The smallest absolute Gasteiger partial charge is 0.205 e. The van der Waals surface area contributed by atoms with Crippen molar-refractivity contribution in [3.05, 3.63) is 169 Å². The maximum Gasteiger partial charge on any atom is 0.205 e. The third kappa shape index (κ3) is 5.30. The number of rotatable bonds is 5. The fourth-order valence-electron chi connectivity index (χ4n) is 7.12. The van der Waals surface area contributed by atoms with Crippen LogP contribution in [0.15, 0.2) is 156 Å². The molecule has 232 valence electrons. The first-order valence-electron chi connectivity index (χ1n) is 16.6. The van der Waals surface area contributed by atoms with Crippen LogP contribution in [-0.4, -0.2) is 5.01 Å². The number of hydrogen-bond acceptors (Lipinski definition) is 4. The Hall–Kier alpha value is -6.05. The molecule has 48 heavy (non-hydrogen) atoms. The molecular weight excluding hydrogens is 587 g/mol. The van der Waals surface area contributed by atoms with E-state index in [1.54, 1.807) is 5.01 Å². The number of hydrazine groups is 1. The Morgan fingerprint density at radius 3 is 2.25 bits per heavy atom. The maximum absolute atomic E-state index is 11.3. The molecule has 5 aromatic carbocycles. The van der Waals surface area contributed by atoms with Gasteiger partial charge in [-0.15, -0.1) is 0 Å². The number of anilines is 1. The first-order chi connectivity index (χ1) is 23.7. The predicted octanol–water partition coefficient (Wildman–Crippen LogP) is 11.8. The van der Waals surface area contributed by atoms with Crippen molar-refractivity contribution in [2.45, 2.75) is 32.1 Å². The van der Waals surface area contributed by atoms with Crippen LogP contribution >= 0.6 is 0 Å². The van der Waals surface area contributed by atoms with Gasteiger partial charge in [-0.1, -0.05) is 116 Å². The maximum atomic E-state index is 11.3. The summed E-state index contributed by atoms with van der Waals surface area (Å²) in [4.78, 5) is 0. The van der Waals surface area contributed by atoms with Gasteiger partial charge in [0.1, 0.15) is 11.2 Å². The van der Waals surface area contributed by atoms with E-state index in [2.05, 4.69) is 122 Å². The Kier molecular flexibility index (Phi) is 7.72. The molecule has 0 fully saturated rings. The summed E-state index contributed by atoms with van der Waals surface area (Å²) in [7, 11) is 0. The summed E-state index contributed by atoms with van der Waals surface area (Å²) in [5.41, 5.74) is 12.1. The summed E-state index contributed by atoms with van der Waals surface area (Å²) in [5, 5.41) is 17.2. The van der Waals surface area contributed by atoms with E-state index in [0.29, 0.717) is 0 Å². The second-order valence-corrected chi connectivity index (χ2v) is 12.4. The molecule has 0 amide bonds. The number of furan rings is 1. The average Bonchev–Trinajstić information content (AvgIpc) is 3.53. The Morgan fingerprint density at radius 2 is 1.48 bits per heavy atom. The zero-order chi connectivity index (χ0) is 32.5. The minimum absolute atomic E-state index is 0.766. The van der Waals surface area contributed by atoms with Crippen LogP contribution in [0.25, 0.3) is 49.9 Å². The highest BCUT2D eigenvalue weighted by Gasteiger charge is 2.29. The Bertz CT molecular complexity index is 2300. The molecule has 0 saturated heterocycles. The van der Waals surface area contributed by atoms with Gasteiger partial charge in [0.05, 0.1) is 11.4 Å². The number of nitrogens with zero attached hydrogens (tertiary/aromatic N) is 3. The topological polar surface area (TPSA) is 43.4 Å². The Labute approximate surface area is 281 Å². The lowest BCUT2D eigenvalue weighted by Gasteiger charge is -2.36. The number of hydrogen-bond donors (Lipinski definition) is 0. The van der Waals surface area contributed by atoms with Crippen molar-refractivity contribution < 1.29 is 4.42 Å². The molecule has 4 nitrogen and oxygen atoms in total. The van der Waals surface area contributed by atoms with E-state index in [0.717, 1.165) is 104 Å². The van der Waals surface area contributed by atoms with Gasteiger partial charge in [-0.25, -0.2) is 5.01 Å². The molecule has 8 rings (SSSR count). The van der Waals surface area contributed by atoms with Crippen LogP contribution in [0, 0.1) is 11.5 Å². The van der Waals surface area contributed by atoms with Gasteiger partial charge in [-0.05, 0) is 89.8 Å². The summed E-state index contributed by atoms with van der Waals surface area (Å²) in [5.74, 6) is 0. The van der Waals surface area contributed by atoms with Crippen LogP contribution in [0.5, 0.6) is 0 Å². The number of nitriles is 1. The molecule has 1 aliphatic heterocycles. The monoisotopic (exact) mass is 621 g/mol. The van der Waals surface area contributed by atoms with Crippen molar-refractivity contribution >= 4 is 44.5 Å². The molecule has 4 heteroatoms. The van der Waals surface area contributed by atoms with Crippen LogP contribution in [0.4, 0.5) is 5.69 Å². The highest BCUT2D eigenvalue weighted by molar-refractivity contribution is 6.10. The lowest BCUT2D eigenvalue weighted by molar-refractivity contribution is 0.546. The minimum Gasteiger partial charge on any atom is -0.455 e. The zero-order valence-electron chi connectivity index (χ0n) is 26.8. The van der Waals surface area contributed by atoms with Gasteiger partial charge in [-0.3, -0.25) is 0 Å². The zero-order valence-corrected chi connectivity index (χ0v) is 26.8. The average molecular weight is 622 g/mol. The molecule has 2 aliphatic rings. The predicted molar refractivity (Wildman–Crippen MR) is 198 cm³/mol. The van der Waals surface area contributed by atoms with Gasteiger partial charge >= 0.3 is 0 Å². The van der Waals surface area contributed by atoms with E-state index in [1.165, 1.54) is 5.57 Å². The standard InChI is InChI=1S/C44H35N3O/c1-31-24-25-37(33-16-7-3-8-17-33)29-46(40-27-26-39-38-22-11-12-23-41(38)48-44(39)42(31)40)47(30-45)43(34-18-9-4-10-19-34)36-21-13-20-35(28-36)32-14-5-2-6-15-32/h2-9,11-17,20-23,26-29H,1,10,18-19,24-25H2/b37-29+,43-34+. The van der Waals surface area contributed by atoms with Gasteiger partial charge < -0.3 is 4.42 Å². The third-order valence-corrected chi connectivity index (χ3v) is 9.49. The summed E-state index contributed by atoms with van der Waals surface area (Å²) < 4.78 is 6.59. The normalized spacial score (nSPS) is 16.9. The Morgan fingerprint density at radius 1 is 0.729 bits per heavy atom. The third-order valence-electron chi connectivity index (χ3n) is 9.49. The number of allylic oxidation sites excluding steroid dienone is 5. The molecule has 0 bridgehead atoms. The molecule has 0 spiro atoms. The molecule has 6 aromatic rings. The van der Waals surface area contributed by atoms with Crippen LogP contribution in [0.2, 0.25) is 0 Å². The fraction of sp³-hybridized carbons (Fsp3) is 0.114. The highest BCUT2D eigenvalue weighted by atomic mass is 16.3. The van der Waals surface area contributed by atoms with E-state index in [-0.39, 0.29) is 0 Å². The van der Waals surface area contributed by atoms with Crippen LogP contribution < -0.4 is 5.01 Å². The summed E-state index contributed by atoms with van der Waals surface area (Å²) in [6.45, 7) is 4.63. The van der Waals surface area contributed by atoms with E-state index in [1.807, 2.05) is 35.3 Å². The van der Waals surface area contributed by atoms with E-state index in [9.17, 15) is 5.26 Å². The second kappa shape index (κ2) is 12.6. The van der Waals surface area contributed by atoms with Gasteiger partial charge in [0.25, 0.3) is 0 Å². The van der Waals surface area contributed by atoms with Crippen molar-refractivity contribution in [2.75, 3.05) is 5.01 Å². The molecule has 1 aliphatic carbocycles. The van der Waals surface area contributed by atoms with E-state index >= 15 is 0 Å². The molecular formula is C44H35N3O. The van der Waals surface area contributed by atoms with Crippen LogP contribution in [0.1, 0.15) is 48.8 Å². The van der Waals surface area contributed by atoms with Crippen LogP contribution in [0.3, 0.4) is 0 Å². The van der Waals surface area contributed by atoms with Crippen molar-refractivity contribution in [3.63, 3.8) is 0 Å². The largest absolute Gasteiger partial charge is 0.455 e. The fourth-order valence-corrected chi connectivity index (χ4v) is 7.12. The lowest BCUT2D eigenvalue weighted by atomic mass is 9.91. The molecule has 2 heterocycles. The first-order valence-corrected chi connectivity index (χ1v) is 16.6. The Balaban J connectivity index is 1.38. The molecule has 1 aromatic heterocycles. The van der Waals surface area contributed by atoms with Crippen molar-refractivity contribution in [1.29, 1.82) is 5.26 Å². The first kappa shape index (κ1) is 29.4. The molecule has 0 atom stereocenters. The van der Waals surface area contributed by atoms with Crippen molar-refractivity contribution in [2.24, 2.45) is 0 Å². The lowest BCUT2D eigenvalue weighted by Crippen LogP contribution is -2.36. The number of para-hydroxylation sites is 1. The number of benzene rings is 5. The SMILES string of the molecule is C=C1CC/C(c2ccccc2)=C\N(N(C#N)/C(=C2\CC=CCC2)c2cccc(-c3ccccc3)c2)c2ccc3c(oc4ccccc43)c21. The summed E-state index contributed by atoms with van der Waals surface area (Å²) in [6.07, 6.45) is 13.4. The van der Waals surface area contributed by atoms with Crippen molar-refractivity contribution in [1.82, 2.24) is 5.01 Å². The molecule has 0 unspecified atom stereocenters. The quantitative estimate of drug-likeness (QED) is 0.109. The minimum atomic E-state index is 0.766. The van der Waals surface area contributed by atoms with Gasteiger partial charge in [0, 0.05) is 28.1 Å². The number of fused-ring (bicyclic) bond motifs is 5. The van der Waals surface area contributed by atoms with E-state index in [4.69, 9.17) is 4.42 Å². The van der Waals surface area contributed by atoms with Crippen molar-refractivity contribution in [3.8, 4) is 17.3 Å². The second-order valence-electron chi connectivity index (χ2n) is 12.4. The highest BCUT2D eigenvalue weighted by Crippen LogP contribution is 2.45.